The third-order valence-corrected chi connectivity index (χ3v) is 14.8. The van der Waals surface area contributed by atoms with E-state index >= 15 is 0 Å². The van der Waals surface area contributed by atoms with Gasteiger partial charge in [-0.2, -0.15) is 0 Å². The zero-order valence-corrected chi connectivity index (χ0v) is 48.9. The highest BCUT2D eigenvalue weighted by molar-refractivity contribution is 5.69. The van der Waals surface area contributed by atoms with Gasteiger partial charge in [-0.25, -0.2) is 0 Å². The third-order valence-electron chi connectivity index (χ3n) is 14.8. The van der Waals surface area contributed by atoms with Crippen molar-refractivity contribution in [2.75, 3.05) is 33.0 Å². The fourth-order valence-electron chi connectivity index (χ4n) is 9.78. The van der Waals surface area contributed by atoms with Crippen LogP contribution < -0.4 is 0 Å². The van der Waals surface area contributed by atoms with E-state index in [1.165, 1.54) is 128 Å². The number of hydrogen-bond donors (Lipinski definition) is 7. The summed E-state index contributed by atoms with van der Waals surface area (Å²) in [7, 11) is 0. The molecule has 0 saturated carbocycles. The molecule has 0 bridgehead atoms. The maximum atomic E-state index is 13.1. The van der Waals surface area contributed by atoms with E-state index in [0.29, 0.717) is 13.0 Å². The Balaban J connectivity index is 1.69. The highest BCUT2D eigenvalue weighted by Gasteiger charge is 2.47. The largest absolute Gasteiger partial charge is 0.457 e. The summed E-state index contributed by atoms with van der Waals surface area (Å²) in [5, 5.41) is 72.4. The monoisotopic (exact) mass is 1110 g/mol. The van der Waals surface area contributed by atoms with E-state index in [2.05, 4.69) is 74.6 Å². The molecule has 2 fully saturated rings. The molecule has 11 atom stereocenters. The number of aliphatic hydroxyl groups excluding tert-OH is 7. The third kappa shape index (κ3) is 36.2. The van der Waals surface area contributed by atoms with E-state index in [-0.39, 0.29) is 25.6 Å². The minimum atomic E-state index is -1.71. The Labute approximate surface area is 473 Å². The van der Waals surface area contributed by atoms with Gasteiger partial charge in [0.15, 0.2) is 12.6 Å². The van der Waals surface area contributed by atoms with Gasteiger partial charge >= 0.3 is 5.97 Å². The normalized spacial score (nSPS) is 24.5. The first-order valence-corrected chi connectivity index (χ1v) is 31.4. The van der Waals surface area contributed by atoms with E-state index in [4.69, 9.17) is 28.4 Å². The maximum Gasteiger partial charge on any atom is 0.306 e. The van der Waals surface area contributed by atoms with Gasteiger partial charge in [-0.3, -0.25) is 4.79 Å². The summed E-state index contributed by atoms with van der Waals surface area (Å²) in [6, 6.07) is 0. The van der Waals surface area contributed by atoms with E-state index in [0.717, 1.165) is 83.5 Å². The molecule has 0 aromatic rings. The minimum Gasteiger partial charge on any atom is -0.457 e. The molecular formula is C64H114O14. The summed E-state index contributed by atoms with van der Waals surface area (Å²) in [5.74, 6) is -0.382. The van der Waals surface area contributed by atoms with Crippen molar-refractivity contribution in [2.45, 2.75) is 306 Å². The van der Waals surface area contributed by atoms with Crippen molar-refractivity contribution in [3.05, 3.63) is 60.8 Å². The van der Waals surface area contributed by atoms with E-state index in [1.807, 2.05) is 0 Å². The number of rotatable bonds is 51. The maximum absolute atomic E-state index is 13.1. The van der Waals surface area contributed by atoms with Crippen molar-refractivity contribution in [1.29, 1.82) is 0 Å². The molecule has 0 amide bonds. The predicted octanol–water partition coefficient (Wildman–Crippen LogP) is 12.0. The Bertz CT molecular complexity index is 1520. The summed E-state index contributed by atoms with van der Waals surface area (Å²) in [6.07, 6.45) is 47.2. The lowest BCUT2D eigenvalue weighted by molar-refractivity contribution is -0.332. The van der Waals surface area contributed by atoms with Crippen LogP contribution in [-0.2, 0) is 33.2 Å². The molecule has 14 nitrogen and oxygen atoms in total. The first-order valence-electron chi connectivity index (χ1n) is 31.4. The van der Waals surface area contributed by atoms with Crippen molar-refractivity contribution in [2.24, 2.45) is 0 Å². The molecule has 78 heavy (non-hydrogen) atoms. The minimum absolute atomic E-state index is 0.0445. The standard InChI is InChI=1S/C64H114O14/c1-3-5-7-9-11-13-15-17-19-21-23-25-26-27-28-29-31-33-35-37-39-41-43-45-47-56(66)76-53(50-73-48-46-44-42-40-38-36-34-32-30-24-22-20-18-16-14-12-10-8-6-4-2)51-74-63-62(72)60(70)58(68)55(78-63)52-75-64-61(71)59(69)57(67)54(49-65)77-64/h6,8,12,14,18,20,24,30,34,36,53-55,57-65,67-72H,3-5,7,9-11,13,15-17,19,21-23,25-29,31-33,35,37-52H2,1-2H3/b8-6-,14-12-,20-18-,30-24-,36-34-. The van der Waals surface area contributed by atoms with Gasteiger partial charge in [0.05, 0.1) is 26.4 Å². The van der Waals surface area contributed by atoms with E-state index < -0.39 is 80.7 Å². The van der Waals surface area contributed by atoms with Crippen LogP contribution in [0.25, 0.3) is 0 Å². The number of aliphatic hydroxyl groups is 7. The summed E-state index contributed by atoms with van der Waals surface area (Å²) in [4.78, 5) is 13.1. The topological polar surface area (TPSA) is 214 Å². The van der Waals surface area contributed by atoms with Crippen molar-refractivity contribution < 1.29 is 69.0 Å². The highest BCUT2D eigenvalue weighted by atomic mass is 16.7. The van der Waals surface area contributed by atoms with Crippen molar-refractivity contribution in [1.82, 2.24) is 0 Å². The first kappa shape index (κ1) is 71.8. The Morgan fingerprint density at radius 1 is 0.436 bits per heavy atom. The van der Waals surface area contributed by atoms with Crippen LogP contribution in [0.3, 0.4) is 0 Å². The molecule has 7 N–H and O–H groups in total. The van der Waals surface area contributed by atoms with Crippen LogP contribution in [-0.4, -0.2) is 142 Å². The smallest absolute Gasteiger partial charge is 0.306 e. The molecule has 0 spiro atoms. The molecule has 2 aliphatic rings. The Morgan fingerprint density at radius 2 is 0.833 bits per heavy atom. The molecule has 454 valence electrons. The molecule has 0 radical (unpaired) electrons. The van der Waals surface area contributed by atoms with Crippen LogP contribution in [0.2, 0.25) is 0 Å². The van der Waals surface area contributed by atoms with Gasteiger partial charge in [-0.15, -0.1) is 0 Å². The second-order valence-electron chi connectivity index (χ2n) is 21.9. The number of unbranched alkanes of at least 4 members (excludes halogenated alkanes) is 27. The zero-order chi connectivity index (χ0) is 56.5. The lowest BCUT2D eigenvalue weighted by atomic mass is 9.98. The molecule has 2 aliphatic heterocycles. The second-order valence-corrected chi connectivity index (χ2v) is 21.9. The van der Waals surface area contributed by atoms with Gasteiger partial charge in [0.2, 0.25) is 0 Å². The molecule has 14 heteroatoms. The zero-order valence-electron chi connectivity index (χ0n) is 48.9. The molecule has 2 heterocycles. The quantitative estimate of drug-likeness (QED) is 0.0172. The number of allylic oxidation sites excluding steroid dienone is 10. The van der Waals surface area contributed by atoms with Gasteiger partial charge < -0.3 is 64.2 Å². The molecule has 0 aromatic carbocycles. The van der Waals surface area contributed by atoms with Crippen LogP contribution in [0.5, 0.6) is 0 Å². The average Bonchev–Trinajstić information content (AvgIpc) is 3.45. The van der Waals surface area contributed by atoms with Crippen molar-refractivity contribution in [3.63, 3.8) is 0 Å². The van der Waals surface area contributed by atoms with Crippen LogP contribution in [0.4, 0.5) is 0 Å². The number of carbonyl (C=O) groups is 1. The van der Waals surface area contributed by atoms with Crippen LogP contribution >= 0.6 is 0 Å². The molecule has 0 aromatic heterocycles. The van der Waals surface area contributed by atoms with Crippen molar-refractivity contribution >= 4 is 5.97 Å². The Morgan fingerprint density at radius 3 is 1.31 bits per heavy atom. The number of carbonyl (C=O) groups excluding carboxylic acids is 1. The molecule has 0 aliphatic carbocycles. The van der Waals surface area contributed by atoms with Crippen LogP contribution in [0, 0.1) is 0 Å². The lowest BCUT2D eigenvalue weighted by Crippen LogP contribution is -2.61. The summed E-state index contributed by atoms with van der Waals surface area (Å²) in [6.45, 7) is 3.55. The van der Waals surface area contributed by atoms with Gasteiger partial charge in [0.1, 0.15) is 54.9 Å². The Kier molecular flexibility index (Phi) is 46.4. The fraction of sp³-hybridized carbons (Fsp3) is 0.828. The van der Waals surface area contributed by atoms with Gasteiger partial charge in [0.25, 0.3) is 0 Å². The van der Waals surface area contributed by atoms with E-state index in [1.54, 1.807) is 0 Å². The molecule has 11 unspecified atom stereocenters. The van der Waals surface area contributed by atoms with Gasteiger partial charge in [-0.1, -0.05) is 235 Å². The second kappa shape index (κ2) is 50.4. The van der Waals surface area contributed by atoms with E-state index in [9.17, 15) is 40.5 Å². The number of ether oxygens (including phenoxy) is 6. The molecule has 2 saturated heterocycles. The number of esters is 1. The van der Waals surface area contributed by atoms with Crippen LogP contribution in [0.15, 0.2) is 60.8 Å². The lowest BCUT2D eigenvalue weighted by Gasteiger charge is -2.42. The van der Waals surface area contributed by atoms with Crippen molar-refractivity contribution in [3.8, 4) is 0 Å². The first-order chi connectivity index (χ1) is 38.1. The summed E-state index contributed by atoms with van der Waals surface area (Å²) < 4.78 is 34.4. The Hall–Kier alpha value is -2.31. The average molecular weight is 1110 g/mol. The summed E-state index contributed by atoms with van der Waals surface area (Å²) >= 11 is 0. The molecular weight excluding hydrogens is 993 g/mol. The highest BCUT2D eigenvalue weighted by Crippen LogP contribution is 2.27. The fourth-order valence-corrected chi connectivity index (χ4v) is 9.78. The van der Waals surface area contributed by atoms with Gasteiger partial charge in [-0.05, 0) is 57.8 Å². The number of hydrogen-bond acceptors (Lipinski definition) is 14. The summed E-state index contributed by atoms with van der Waals surface area (Å²) in [5.41, 5.74) is 0. The predicted molar refractivity (Wildman–Crippen MR) is 312 cm³/mol. The van der Waals surface area contributed by atoms with Gasteiger partial charge in [0, 0.05) is 13.0 Å². The SMILES string of the molecule is CC/C=C\C/C=C\C/C=C\C/C=C\C/C=C\CCCCCCOCC(COC1OC(COC2OC(CO)C(O)C(O)C2O)C(O)C(O)C1O)OC(=O)CCCCCCCCCCCCCCCCCCCCCCCCCC. The van der Waals surface area contributed by atoms with Crippen LogP contribution in [0.1, 0.15) is 239 Å². The molecule has 2 rings (SSSR count).